The van der Waals surface area contributed by atoms with Crippen molar-refractivity contribution in [2.75, 3.05) is 26.2 Å². The van der Waals surface area contributed by atoms with Gasteiger partial charge in [-0.1, -0.05) is 24.6 Å². The van der Waals surface area contributed by atoms with Crippen molar-refractivity contribution in [3.63, 3.8) is 0 Å². The van der Waals surface area contributed by atoms with E-state index in [4.69, 9.17) is 0 Å². The summed E-state index contributed by atoms with van der Waals surface area (Å²) in [6.07, 6.45) is 2.32. The number of hydrogen-bond donors (Lipinski definition) is 2. The predicted octanol–water partition coefficient (Wildman–Crippen LogP) is 1.69. The molecule has 1 unspecified atom stereocenters. The maximum Gasteiger partial charge on any atom is 0.243 e. The van der Waals surface area contributed by atoms with Crippen LogP contribution in [0.2, 0.25) is 0 Å². The zero-order valence-corrected chi connectivity index (χ0v) is 16.5. The number of halogens is 1. The number of nitrogens with zero attached hydrogens (tertiary/aromatic N) is 1. The zero-order valence-electron chi connectivity index (χ0n) is 14.8. The lowest BCUT2D eigenvalue weighted by Gasteiger charge is -2.23. The number of benzene rings is 1. The van der Waals surface area contributed by atoms with E-state index < -0.39 is 16.1 Å². The molecule has 1 saturated heterocycles. The molecular formula is C17H28ClN3O3S. The first-order valence-corrected chi connectivity index (χ1v) is 9.97. The molecule has 0 aromatic heterocycles. The van der Waals surface area contributed by atoms with E-state index in [1.807, 2.05) is 6.92 Å². The molecule has 1 amide bonds. The average molecular weight is 390 g/mol. The summed E-state index contributed by atoms with van der Waals surface area (Å²) in [5.41, 5.74) is 1.00. The molecule has 0 radical (unpaired) electrons. The molecule has 1 aliphatic rings. The summed E-state index contributed by atoms with van der Waals surface area (Å²) in [4.78, 5) is 12.6. The van der Waals surface area contributed by atoms with Crippen molar-refractivity contribution < 1.29 is 13.2 Å². The fourth-order valence-electron chi connectivity index (χ4n) is 2.83. The number of hydrogen-bond acceptors (Lipinski definition) is 4. The van der Waals surface area contributed by atoms with E-state index in [-0.39, 0.29) is 23.2 Å². The molecule has 1 aromatic rings. The molecule has 1 fully saturated rings. The summed E-state index contributed by atoms with van der Waals surface area (Å²) < 4.78 is 27.0. The SMILES string of the molecule is CCCNCCNC(=O)C1CCCN1S(=O)(=O)c1ccc(C)cc1.Cl. The highest BCUT2D eigenvalue weighted by Gasteiger charge is 2.39. The minimum absolute atomic E-state index is 0. The van der Waals surface area contributed by atoms with Crippen molar-refractivity contribution in [2.45, 2.75) is 44.0 Å². The average Bonchev–Trinajstić information content (AvgIpc) is 3.05. The Hall–Kier alpha value is -1.15. The third-order valence-electron chi connectivity index (χ3n) is 4.16. The molecule has 0 aliphatic carbocycles. The van der Waals surface area contributed by atoms with Gasteiger partial charge < -0.3 is 10.6 Å². The van der Waals surface area contributed by atoms with Crippen molar-refractivity contribution in [1.82, 2.24) is 14.9 Å². The van der Waals surface area contributed by atoms with E-state index in [2.05, 4.69) is 17.6 Å². The predicted molar refractivity (Wildman–Crippen MR) is 102 cm³/mol. The molecule has 8 heteroatoms. The first-order valence-electron chi connectivity index (χ1n) is 8.53. The zero-order chi connectivity index (χ0) is 17.6. The first-order chi connectivity index (χ1) is 11.5. The normalized spacial score (nSPS) is 17.9. The smallest absolute Gasteiger partial charge is 0.243 e. The Labute approximate surface area is 156 Å². The molecule has 1 aliphatic heterocycles. The minimum Gasteiger partial charge on any atom is -0.353 e. The second-order valence-electron chi connectivity index (χ2n) is 6.13. The molecule has 0 spiro atoms. The Bertz CT molecular complexity index is 650. The van der Waals surface area contributed by atoms with E-state index >= 15 is 0 Å². The van der Waals surface area contributed by atoms with E-state index in [0.29, 0.717) is 32.5 Å². The Kier molecular flexibility index (Phi) is 8.85. The van der Waals surface area contributed by atoms with Crippen LogP contribution < -0.4 is 10.6 Å². The molecule has 2 N–H and O–H groups in total. The molecular weight excluding hydrogens is 362 g/mol. The van der Waals surface area contributed by atoms with Crippen LogP contribution in [0.1, 0.15) is 31.7 Å². The van der Waals surface area contributed by atoms with Gasteiger partial charge in [-0.2, -0.15) is 4.31 Å². The van der Waals surface area contributed by atoms with E-state index in [1.165, 1.54) is 4.31 Å². The standard InChI is InChI=1S/C17H27N3O3S.ClH/c1-3-10-18-11-12-19-17(21)16-5-4-13-20(16)24(22,23)15-8-6-14(2)7-9-15;/h6-9,16,18H,3-5,10-13H2,1-2H3,(H,19,21);1H. The number of carbonyl (C=O) groups excluding carboxylic acids is 1. The summed E-state index contributed by atoms with van der Waals surface area (Å²) in [5, 5.41) is 6.05. The fraction of sp³-hybridized carbons (Fsp3) is 0.588. The number of sulfonamides is 1. The molecule has 2 rings (SSSR count). The highest BCUT2D eigenvalue weighted by Crippen LogP contribution is 2.26. The lowest BCUT2D eigenvalue weighted by atomic mass is 10.2. The van der Waals surface area contributed by atoms with E-state index in [9.17, 15) is 13.2 Å². The van der Waals surface area contributed by atoms with Crippen LogP contribution >= 0.6 is 12.4 Å². The molecule has 142 valence electrons. The first kappa shape index (κ1) is 21.9. The van der Waals surface area contributed by atoms with Crippen LogP contribution in [0.25, 0.3) is 0 Å². The van der Waals surface area contributed by atoms with Gasteiger partial charge >= 0.3 is 0 Å². The maximum atomic E-state index is 12.8. The van der Waals surface area contributed by atoms with Gasteiger partial charge in [0.05, 0.1) is 4.90 Å². The van der Waals surface area contributed by atoms with Crippen LogP contribution in [-0.2, 0) is 14.8 Å². The van der Waals surface area contributed by atoms with Crippen LogP contribution in [-0.4, -0.2) is 50.9 Å². The third-order valence-corrected chi connectivity index (χ3v) is 6.08. The maximum absolute atomic E-state index is 12.8. The van der Waals surface area contributed by atoms with Crippen molar-refractivity contribution in [3.8, 4) is 0 Å². The second-order valence-corrected chi connectivity index (χ2v) is 8.02. The van der Waals surface area contributed by atoms with Gasteiger partial charge in [-0.05, 0) is 44.9 Å². The molecule has 1 atom stereocenters. The Morgan fingerprint density at radius 2 is 1.88 bits per heavy atom. The molecule has 1 aromatic carbocycles. The van der Waals surface area contributed by atoms with Crippen LogP contribution in [0.5, 0.6) is 0 Å². The Morgan fingerprint density at radius 1 is 1.20 bits per heavy atom. The summed E-state index contributed by atoms with van der Waals surface area (Å²) in [7, 11) is -3.63. The van der Waals surface area contributed by atoms with Crippen LogP contribution in [0.15, 0.2) is 29.2 Å². The van der Waals surface area contributed by atoms with Crippen molar-refractivity contribution in [3.05, 3.63) is 29.8 Å². The van der Waals surface area contributed by atoms with Gasteiger partial charge in [-0.15, -0.1) is 12.4 Å². The minimum atomic E-state index is -3.63. The highest BCUT2D eigenvalue weighted by atomic mass is 35.5. The van der Waals surface area contributed by atoms with E-state index in [0.717, 1.165) is 18.5 Å². The summed E-state index contributed by atoms with van der Waals surface area (Å²) >= 11 is 0. The quantitative estimate of drug-likeness (QED) is 0.663. The fourth-order valence-corrected chi connectivity index (χ4v) is 4.49. The number of rotatable bonds is 8. The van der Waals surface area contributed by atoms with Gasteiger partial charge in [-0.3, -0.25) is 4.79 Å². The van der Waals surface area contributed by atoms with Gasteiger partial charge in [0.2, 0.25) is 15.9 Å². The van der Waals surface area contributed by atoms with Crippen LogP contribution in [0.4, 0.5) is 0 Å². The van der Waals surface area contributed by atoms with Crippen molar-refractivity contribution in [1.29, 1.82) is 0 Å². The van der Waals surface area contributed by atoms with Crippen LogP contribution in [0.3, 0.4) is 0 Å². The Balaban J connectivity index is 0.00000312. The van der Waals surface area contributed by atoms with Crippen molar-refractivity contribution in [2.24, 2.45) is 0 Å². The lowest BCUT2D eigenvalue weighted by Crippen LogP contribution is -2.47. The summed E-state index contributed by atoms with van der Waals surface area (Å²) in [5.74, 6) is -0.207. The Morgan fingerprint density at radius 3 is 2.52 bits per heavy atom. The number of aryl methyl sites for hydroxylation is 1. The monoisotopic (exact) mass is 389 g/mol. The van der Waals surface area contributed by atoms with Crippen molar-refractivity contribution >= 4 is 28.3 Å². The van der Waals surface area contributed by atoms with Gasteiger partial charge in [0.25, 0.3) is 0 Å². The molecule has 25 heavy (non-hydrogen) atoms. The number of amides is 1. The van der Waals surface area contributed by atoms with Crippen LogP contribution in [0, 0.1) is 6.92 Å². The topological polar surface area (TPSA) is 78.5 Å². The highest BCUT2D eigenvalue weighted by molar-refractivity contribution is 7.89. The third kappa shape index (κ3) is 5.67. The molecule has 0 bridgehead atoms. The molecule has 6 nitrogen and oxygen atoms in total. The second kappa shape index (κ2) is 10.1. The number of carbonyl (C=O) groups is 1. The lowest BCUT2D eigenvalue weighted by molar-refractivity contribution is -0.124. The van der Waals surface area contributed by atoms with Gasteiger partial charge in [0, 0.05) is 19.6 Å². The number of nitrogens with one attached hydrogen (secondary N) is 2. The van der Waals surface area contributed by atoms with Gasteiger partial charge in [0.1, 0.15) is 6.04 Å². The van der Waals surface area contributed by atoms with Gasteiger partial charge in [0.15, 0.2) is 0 Å². The largest absolute Gasteiger partial charge is 0.353 e. The summed E-state index contributed by atoms with van der Waals surface area (Å²) in [6, 6.07) is 6.15. The van der Waals surface area contributed by atoms with E-state index in [1.54, 1.807) is 24.3 Å². The molecule has 1 heterocycles. The van der Waals surface area contributed by atoms with Gasteiger partial charge in [-0.25, -0.2) is 8.42 Å². The summed E-state index contributed by atoms with van der Waals surface area (Å²) in [6.45, 7) is 6.49. The molecule has 0 saturated carbocycles.